The minimum absolute atomic E-state index is 0.152. The average molecular weight is 553 g/mol. The molecule has 40 heavy (non-hydrogen) atoms. The molecule has 218 valence electrons. The Hall–Kier alpha value is -3.91. The summed E-state index contributed by atoms with van der Waals surface area (Å²) in [5.41, 5.74) is 0.537. The van der Waals surface area contributed by atoms with Crippen LogP contribution in [0, 0.1) is 11.8 Å². The minimum atomic E-state index is -0.573. The number of anilines is 3. The molecule has 2 heterocycles. The largest absolute Gasteiger partial charge is 0.369 e. The van der Waals surface area contributed by atoms with E-state index >= 15 is 0 Å². The Labute approximate surface area is 238 Å². The van der Waals surface area contributed by atoms with Gasteiger partial charge < -0.3 is 30.3 Å². The lowest BCUT2D eigenvalue weighted by molar-refractivity contribution is -0.135. The van der Waals surface area contributed by atoms with Crippen LogP contribution >= 0.6 is 0 Å². The number of likely N-dealkylation sites (N-methyl/N-ethyl adjacent to an activating group) is 2. The molecule has 2 aromatic rings. The van der Waals surface area contributed by atoms with Crippen LogP contribution in [0.5, 0.6) is 0 Å². The number of rotatable bonds is 13. The zero-order valence-electron chi connectivity index (χ0n) is 25.1. The second kappa shape index (κ2) is 15.6. The smallest absolute Gasteiger partial charge is 0.246 e. The van der Waals surface area contributed by atoms with E-state index in [1.807, 2.05) is 25.1 Å². The van der Waals surface area contributed by atoms with E-state index in [2.05, 4.69) is 70.6 Å². The van der Waals surface area contributed by atoms with Gasteiger partial charge in [-0.05, 0) is 33.9 Å². The van der Waals surface area contributed by atoms with Crippen molar-refractivity contribution in [2.24, 2.45) is 0 Å². The number of hydrogen-bond donors (Lipinski definition) is 3. The zero-order chi connectivity index (χ0) is 29.7. The number of carbonyl (C=O) groups excluding carboxylic acids is 2. The van der Waals surface area contributed by atoms with Crippen molar-refractivity contribution < 1.29 is 14.1 Å². The molecule has 0 fully saturated rings. The van der Waals surface area contributed by atoms with Crippen LogP contribution in [0.25, 0.3) is 0 Å². The van der Waals surface area contributed by atoms with Gasteiger partial charge in [-0.2, -0.15) is 4.98 Å². The SMILES string of the molecule is CCCNc1nc(Nc2cc(C(C)(C)C)on2)ncc1C#CCCCNC(=O)[C@H](C)N(C)C(=O)C=CCN(C)C. The molecular weight excluding hydrogens is 508 g/mol. The fourth-order valence-electron chi connectivity index (χ4n) is 3.26. The number of nitrogens with zero attached hydrogens (tertiary/aromatic N) is 5. The Balaban J connectivity index is 1.90. The van der Waals surface area contributed by atoms with E-state index in [1.165, 1.54) is 11.0 Å². The Kier molecular flexibility index (Phi) is 12.6. The first-order chi connectivity index (χ1) is 18.9. The Morgan fingerprint density at radius 1 is 1.20 bits per heavy atom. The first-order valence-electron chi connectivity index (χ1n) is 13.6. The average Bonchev–Trinajstić information content (AvgIpc) is 3.38. The zero-order valence-corrected chi connectivity index (χ0v) is 25.1. The summed E-state index contributed by atoms with van der Waals surface area (Å²) in [7, 11) is 5.47. The highest BCUT2D eigenvalue weighted by molar-refractivity contribution is 5.92. The topological polar surface area (TPSA) is 129 Å². The maximum absolute atomic E-state index is 12.5. The first kappa shape index (κ1) is 32.3. The maximum atomic E-state index is 12.5. The number of carbonyl (C=O) groups is 2. The van der Waals surface area contributed by atoms with Crippen LogP contribution in [0.3, 0.4) is 0 Å². The summed E-state index contributed by atoms with van der Waals surface area (Å²) >= 11 is 0. The second-order valence-electron chi connectivity index (χ2n) is 10.8. The van der Waals surface area contributed by atoms with Crippen molar-refractivity contribution in [3.8, 4) is 11.8 Å². The normalized spacial score (nSPS) is 12.1. The van der Waals surface area contributed by atoms with Crippen LogP contribution in [0.2, 0.25) is 0 Å². The monoisotopic (exact) mass is 552 g/mol. The van der Waals surface area contributed by atoms with Gasteiger partial charge in [0.1, 0.15) is 17.6 Å². The molecule has 3 N–H and O–H groups in total. The van der Waals surface area contributed by atoms with Gasteiger partial charge in [0.25, 0.3) is 0 Å². The fourth-order valence-corrected chi connectivity index (χ4v) is 3.26. The molecule has 0 unspecified atom stereocenters. The third kappa shape index (κ3) is 10.7. The number of amides is 2. The minimum Gasteiger partial charge on any atom is -0.369 e. The molecule has 0 bridgehead atoms. The molecule has 0 spiro atoms. The lowest BCUT2D eigenvalue weighted by Gasteiger charge is -2.23. The summed E-state index contributed by atoms with van der Waals surface area (Å²) in [4.78, 5) is 37.1. The highest BCUT2D eigenvalue weighted by Crippen LogP contribution is 2.25. The summed E-state index contributed by atoms with van der Waals surface area (Å²) in [6.07, 6.45) is 7.13. The van der Waals surface area contributed by atoms with Gasteiger partial charge in [0.2, 0.25) is 17.8 Å². The summed E-state index contributed by atoms with van der Waals surface area (Å²) in [5, 5.41) is 13.3. The van der Waals surface area contributed by atoms with Crippen LogP contribution in [-0.2, 0) is 15.0 Å². The molecule has 11 nitrogen and oxygen atoms in total. The van der Waals surface area contributed by atoms with E-state index in [9.17, 15) is 9.59 Å². The Bertz CT molecular complexity index is 1200. The predicted octanol–water partition coefficient (Wildman–Crippen LogP) is 3.54. The van der Waals surface area contributed by atoms with Gasteiger partial charge in [-0.1, -0.05) is 50.8 Å². The van der Waals surface area contributed by atoms with Gasteiger partial charge in [0.15, 0.2) is 5.82 Å². The molecule has 0 radical (unpaired) electrons. The van der Waals surface area contributed by atoms with E-state index in [0.717, 1.165) is 18.7 Å². The number of unbranched alkanes of at least 4 members (excludes halogenated alkanes) is 1. The molecule has 2 aromatic heterocycles. The van der Waals surface area contributed by atoms with Crippen molar-refractivity contribution in [1.29, 1.82) is 0 Å². The van der Waals surface area contributed by atoms with Gasteiger partial charge in [-0.25, -0.2) is 4.98 Å². The van der Waals surface area contributed by atoms with E-state index in [0.29, 0.717) is 49.1 Å². The van der Waals surface area contributed by atoms with Gasteiger partial charge in [0, 0.05) is 50.7 Å². The van der Waals surface area contributed by atoms with Crippen molar-refractivity contribution in [2.45, 2.75) is 65.3 Å². The van der Waals surface area contributed by atoms with E-state index in [1.54, 1.807) is 26.2 Å². The summed E-state index contributed by atoms with van der Waals surface area (Å²) < 4.78 is 5.42. The third-order valence-electron chi connectivity index (χ3n) is 5.86. The van der Waals surface area contributed by atoms with Crippen molar-refractivity contribution in [3.05, 3.63) is 35.7 Å². The van der Waals surface area contributed by atoms with Crippen LogP contribution in [0.15, 0.2) is 28.9 Å². The maximum Gasteiger partial charge on any atom is 0.246 e. The van der Waals surface area contributed by atoms with E-state index in [-0.39, 0.29) is 17.2 Å². The van der Waals surface area contributed by atoms with Gasteiger partial charge in [0.05, 0.1) is 11.8 Å². The van der Waals surface area contributed by atoms with Crippen LogP contribution in [-0.4, -0.2) is 83.6 Å². The van der Waals surface area contributed by atoms with Gasteiger partial charge >= 0.3 is 0 Å². The molecular formula is C29H44N8O3. The van der Waals surface area contributed by atoms with Gasteiger partial charge in [-0.15, -0.1) is 0 Å². The van der Waals surface area contributed by atoms with Crippen LogP contribution in [0.1, 0.15) is 65.2 Å². The molecule has 0 aromatic carbocycles. The van der Waals surface area contributed by atoms with Crippen LogP contribution < -0.4 is 16.0 Å². The highest BCUT2D eigenvalue weighted by atomic mass is 16.5. The number of aromatic nitrogens is 3. The van der Waals surface area contributed by atoms with E-state index in [4.69, 9.17) is 4.52 Å². The number of hydrogen-bond acceptors (Lipinski definition) is 9. The van der Waals surface area contributed by atoms with E-state index < -0.39 is 6.04 Å². The molecule has 0 aliphatic heterocycles. The molecule has 2 amide bonds. The molecule has 2 rings (SSSR count). The molecule has 0 aliphatic rings. The van der Waals surface area contributed by atoms with Crippen molar-refractivity contribution in [2.75, 3.05) is 51.4 Å². The molecule has 1 atom stereocenters. The molecule has 0 saturated heterocycles. The third-order valence-corrected chi connectivity index (χ3v) is 5.86. The molecule has 0 saturated carbocycles. The lowest BCUT2D eigenvalue weighted by Crippen LogP contribution is -2.45. The fraction of sp³-hybridized carbons (Fsp3) is 0.552. The quantitative estimate of drug-likeness (QED) is 0.194. The van der Waals surface area contributed by atoms with Gasteiger partial charge in [-0.3, -0.25) is 9.59 Å². The summed E-state index contributed by atoms with van der Waals surface area (Å²) in [5.74, 6) is 8.20. The molecule has 0 aliphatic carbocycles. The predicted molar refractivity (Wildman–Crippen MR) is 158 cm³/mol. The van der Waals surface area contributed by atoms with Crippen molar-refractivity contribution >= 4 is 29.4 Å². The van der Waals surface area contributed by atoms with Crippen molar-refractivity contribution in [1.82, 2.24) is 30.2 Å². The van der Waals surface area contributed by atoms with Crippen molar-refractivity contribution in [3.63, 3.8) is 0 Å². The first-order valence-corrected chi connectivity index (χ1v) is 13.6. The molecule has 11 heteroatoms. The van der Waals surface area contributed by atoms with Crippen LogP contribution in [0.4, 0.5) is 17.6 Å². The number of nitrogens with one attached hydrogen (secondary N) is 3. The Morgan fingerprint density at radius 3 is 2.60 bits per heavy atom. The Morgan fingerprint density at radius 2 is 1.95 bits per heavy atom. The summed E-state index contributed by atoms with van der Waals surface area (Å²) in [6, 6.07) is 1.27. The lowest BCUT2D eigenvalue weighted by atomic mass is 9.93. The summed E-state index contributed by atoms with van der Waals surface area (Å²) in [6.45, 7) is 11.8. The highest BCUT2D eigenvalue weighted by Gasteiger charge is 2.21. The standard InChI is InChI=1S/C29H44N8O3/c1-9-16-30-26-22(20-32-28(34-26)33-24-19-23(40-35-24)29(3,4)5)14-11-10-12-17-31-27(39)21(2)37(8)25(38)15-13-18-36(6)7/h13,15,19-21H,9-10,12,16-18H2,1-8H3,(H,31,39)(H2,30,32,33,34,35)/t21-/m0/s1. The second-order valence-corrected chi connectivity index (χ2v) is 10.8.